The van der Waals surface area contributed by atoms with Gasteiger partial charge in [0.2, 0.25) is 0 Å². The van der Waals surface area contributed by atoms with Crippen molar-refractivity contribution in [3.05, 3.63) is 35.4 Å². The van der Waals surface area contributed by atoms with E-state index in [2.05, 4.69) is 0 Å². The zero-order chi connectivity index (χ0) is 15.6. The third-order valence-corrected chi connectivity index (χ3v) is 6.30. The number of halogens is 2. The normalized spacial score (nSPS) is 18.4. The van der Waals surface area contributed by atoms with Gasteiger partial charge in [-0.05, 0) is 38.0 Å². The fourth-order valence-electron chi connectivity index (χ4n) is 2.33. The molecule has 1 atom stereocenters. The third kappa shape index (κ3) is 3.29. The maximum Gasteiger partial charge on any atom is 0.180 e. The summed E-state index contributed by atoms with van der Waals surface area (Å²) in [5, 5.41) is -1.92. The smallest absolute Gasteiger partial charge is 0.180 e. The van der Waals surface area contributed by atoms with Gasteiger partial charge in [0, 0.05) is 18.8 Å². The molecule has 1 aromatic carbocycles. The molecule has 0 aliphatic carbocycles. The van der Waals surface area contributed by atoms with Crippen LogP contribution in [-0.2, 0) is 14.6 Å². The summed E-state index contributed by atoms with van der Waals surface area (Å²) in [6.07, 6.45) is 0.690. The van der Waals surface area contributed by atoms with Gasteiger partial charge in [0.15, 0.2) is 27.3 Å². The first kappa shape index (κ1) is 16.0. The van der Waals surface area contributed by atoms with Crippen LogP contribution in [0, 0.1) is 11.6 Å². The van der Waals surface area contributed by atoms with Crippen molar-refractivity contribution in [2.24, 2.45) is 0 Å². The largest absolute Gasteiger partial charge is 0.381 e. The van der Waals surface area contributed by atoms with Crippen LogP contribution in [0.2, 0.25) is 0 Å². The molecule has 0 N–H and O–H groups in total. The summed E-state index contributed by atoms with van der Waals surface area (Å²) in [7, 11) is -3.68. The van der Waals surface area contributed by atoms with Crippen LogP contribution in [0.3, 0.4) is 0 Å². The van der Waals surface area contributed by atoms with Gasteiger partial charge in [0.1, 0.15) is 5.25 Å². The number of carbonyl (C=O) groups excluding carboxylic acids is 1. The van der Waals surface area contributed by atoms with Crippen molar-refractivity contribution in [2.75, 3.05) is 13.2 Å². The van der Waals surface area contributed by atoms with Crippen molar-refractivity contribution in [3.8, 4) is 0 Å². The van der Waals surface area contributed by atoms with Crippen LogP contribution < -0.4 is 0 Å². The number of ether oxygens (including phenoxy) is 1. The molecule has 7 heteroatoms. The molecule has 1 aliphatic heterocycles. The van der Waals surface area contributed by atoms with Crippen molar-refractivity contribution in [3.63, 3.8) is 0 Å². The average Bonchev–Trinajstić information content (AvgIpc) is 2.49. The van der Waals surface area contributed by atoms with Crippen LogP contribution in [0.25, 0.3) is 0 Å². The van der Waals surface area contributed by atoms with Gasteiger partial charge in [-0.15, -0.1) is 0 Å². The van der Waals surface area contributed by atoms with Crippen molar-refractivity contribution >= 4 is 15.6 Å². The monoisotopic (exact) mass is 318 g/mol. The number of hydrogen-bond donors (Lipinski definition) is 0. The Hall–Kier alpha value is -1.34. The van der Waals surface area contributed by atoms with Crippen LogP contribution in [0.4, 0.5) is 8.78 Å². The summed E-state index contributed by atoms with van der Waals surface area (Å²) < 4.78 is 56.0. The van der Waals surface area contributed by atoms with Crippen molar-refractivity contribution < 1.29 is 26.7 Å². The molecule has 0 spiro atoms. The number of benzene rings is 1. The topological polar surface area (TPSA) is 60.4 Å². The molecular formula is C14H16F2O4S. The zero-order valence-electron chi connectivity index (χ0n) is 11.5. The minimum absolute atomic E-state index is 0.142. The Morgan fingerprint density at radius 2 is 1.86 bits per heavy atom. The molecule has 0 amide bonds. The average molecular weight is 318 g/mol. The van der Waals surface area contributed by atoms with E-state index in [0.717, 1.165) is 18.2 Å². The van der Waals surface area contributed by atoms with E-state index in [4.69, 9.17) is 4.74 Å². The number of ketones is 1. The number of hydrogen-bond acceptors (Lipinski definition) is 4. The minimum atomic E-state index is -3.68. The molecule has 0 radical (unpaired) electrons. The zero-order valence-corrected chi connectivity index (χ0v) is 12.3. The Kier molecular flexibility index (Phi) is 4.73. The van der Waals surface area contributed by atoms with Gasteiger partial charge in [0.05, 0.1) is 5.25 Å². The highest BCUT2D eigenvalue weighted by Crippen LogP contribution is 2.23. The highest BCUT2D eigenvalue weighted by Gasteiger charge is 2.36. The molecule has 1 saturated heterocycles. The van der Waals surface area contributed by atoms with Crippen molar-refractivity contribution in [2.45, 2.75) is 30.3 Å². The highest BCUT2D eigenvalue weighted by molar-refractivity contribution is 7.93. The number of rotatable bonds is 4. The number of Topliss-reactive ketones (excluding diaryl/α,β-unsaturated/α-hetero) is 1. The predicted octanol–water partition coefficient (Wildman–Crippen LogP) is 2.13. The van der Waals surface area contributed by atoms with Crippen LogP contribution in [0.15, 0.2) is 18.2 Å². The first-order chi connectivity index (χ1) is 9.84. The van der Waals surface area contributed by atoms with E-state index in [-0.39, 0.29) is 5.56 Å². The second-order valence-electron chi connectivity index (χ2n) is 5.04. The van der Waals surface area contributed by atoms with Gasteiger partial charge in [-0.1, -0.05) is 0 Å². The molecule has 1 heterocycles. The Bertz CT molecular complexity index is 636. The Labute approximate surface area is 122 Å². The third-order valence-electron chi connectivity index (χ3n) is 3.70. The summed E-state index contributed by atoms with van der Waals surface area (Å²) >= 11 is 0. The highest BCUT2D eigenvalue weighted by atomic mass is 32.2. The van der Waals surface area contributed by atoms with E-state index in [1.807, 2.05) is 0 Å². The van der Waals surface area contributed by atoms with Crippen LogP contribution in [0.1, 0.15) is 30.1 Å². The molecule has 1 fully saturated rings. The lowest BCUT2D eigenvalue weighted by molar-refractivity contribution is 0.0957. The second-order valence-corrected chi connectivity index (χ2v) is 7.59. The molecule has 0 saturated carbocycles. The van der Waals surface area contributed by atoms with Crippen LogP contribution in [-0.4, -0.2) is 37.9 Å². The standard InChI is InChI=1S/C14H16F2O4S/c1-9(21(18,19)11-4-6-20-7-5-11)14(17)10-2-3-12(15)13(16)8-10/h2-3,8-9,11H,4-7H2,1H3. The maximum atomic E-state index is 13.2. The molecule has 1 aromatic rings. The van der Waals surface area contributed by atoms with Gasteiger partial charge < -0.3 is 4.74 Å². The van der Waals surface area contributed by atoms with E-state index in [1.165, 1.54) is 6.92 Å². The molecule has 2 rings (SSSR count). The van der Waals surface area contributed by atoms with E-state index in [1.54, 1.807) is 0 Å². The van der Waals surface area contributed by atoms with E-state index < -0.39 is 37.8 Å². The summed E-state index contributed by atoms with van der Waals surface area (Å²) in [5.41, 5.74) is -0.142. The number of sulfone groups is 1. The Morgan fingerprint density at radius 3 is 2.43 bits per heavy atom. The summed E-state index contributed by atoms with van der Waals surface area (Å²) in [5.74, 6) is -2.97. The summed E-state index contributed by atoms with van der Waals surface area (Å²) in [6.45, 7) is 1.97. The quantitative estimate of drug-likeness (QED) is 0.798. The first-order valence-electron chi connectivity index (χ1n) is 6.63. The second kappa shape index (κ2) is 6.19. The summed E-state index contributed by atoms with van der Waals surface area (Å²) in [4.78, 5) is 12.2. The van der Waals surface area contributed by atoms with Gasteiger partial charge in [-0.2, -0.15) is 0 Å². The lowest BCUT2D eigenvalue weighted by Crippen LogP contribution is -2.38. The molecule has 0 aromatic heterocycles. The maximum absolute atomic E-state index is 13.2. The lowest BCUT2D eigenvalue weighted by Gasteiger charge is -2.24. The molecule has 1 aliphatic rings. The SMILES string of the molecule is CC(C(=O)c1ccc(F)c(F)c1)S(=O)(=O)C1CCOCC1. The predicted molar refractivity (Wildman–Crippen MR) is 72.9 cm³/mol. The van der Waals surface area contributed by atoms with Crippen molar-refractivity contribution in [1.82, 2.24) is 0 Å². The number of carbonyl (C=O) groups is 1. The van der Waals surface area contributed by atoms with Crippen molar-refractivity contribution in [1.29, 1.82) is 0 Å². The van der Waals surface area contributed by atoms with Gasteiger partial charge in [-0.3, -0.25) is 4.79 Å². The van der Waals surface area contributed by atoms with Crippen LogP contribution >= 0.6 is 0 Å². The van der Waals surface area contributed by atoms with E-state index in [0.29, 0.717) is 26.1 Å². The molecule has 1 unspecified atom stereocenters. The molecule has 4 nitrogen and oxygen atoms in total. The van der Waals surface area contributed by atoms with Gasteiger partial charge >= 0.3 is 0 Å². The van der Waals surface area contributed by atoms with E-state index >= 15 is 0 Å². The Balaban J connectivity index is 2.23. The lowest BCUT2D eigenvalue weighted by atomic mass is 10.1. The molecule has 21 heavy (non-hydrogen) atoms. The minimum Gasteiger partial charge on any atom is -0.381 e. The molecular weight excluding hydrogens is 302 g/mol. The fourth-order valence-corrected chi connectivity index (χ4v) is 4.19. The van der Waals surface area contributed by atoms with Crippen LogP contribution in [0.5, 0.6) is 0 Å². The summed E-state index contributed by atoms with van der Waals surface area (Å²) in [6, 6.07) is 2.64. The van der Waals surface area contributed by atoms with Gasteiger partial charge in [0.25, 0.3) is 0 Å². The van der Waals surface area contributed by atoms with Gasteiger partial charge in [-0.25, -0.2) is 17.2 Å². The molecule has 0 bridgehead atoms. The van der Waals surface area contributed by atoms with E-state index in [9.17, 15) is 22.0 Å². The molecule has 116 valence electrons. The first-order valence-corrected chi connectivity index (χ1v) is 8.24. The Morgan fingerprint density at radius 1 is 1.24 bits per heavy atom. The fraction of sp³-hybridized carbons (Fsp3) is 0.500.